The summed E-state index contributed by atoms with van der Waals surface area (Å²) >= 11 is 0. The van der Waals surface area contributed by atoms with Crippen LogP contribution >= 0.6 is 0 Å². The first-order chi connectivity index (χ1) is 4.97. The van der Waals surface area contributed by atoms with Crippen LogP contribution in [0.4, 0.5) is 0 Å². The van der Waals surface area contributed by atoms with Gasteiger partial charge in [-0.15, -0.1) is 0 Å². The van der Waals surface area contributed by atoms with Gasteiger partial charge in [0, 0.05) is 0 Å². The minimum absolute atomic E-state index is 0.250. The van der Waals surface area contributed by atoms with Gasteiger partial charge in [0.1, 0.15) is 0 Å². The lowest BCUT2D eigenvalue weighted by Gasteiger charge is -2.23. The maximum atomic E-state index is 8.36. The van der Waals surface area contributed by atoms with E-state index in [9.17, 15) is 0 Å². The second-order valence-electron chi connectivity index (χ2n) is 3.47. The van der Waals surface area contributed by atoms with Crippen LogP contribution in [-0.4, -0.2) is 43.7 Å². The average molecular weight is 162 g/mol. The molecule has 0 saturated heterocycles. The topological polar surface area (TPSA) is 37.3 Å². The highest BCUT2D eigenvalue weighted by Crippen LogP contribution is 1.94. The van der Waals surface area contributed by atoms with Crippen LogP contribution in [-0.2, 0) is 4.79 Å². The summed E-state index contributed by atoms with van der Waals surface area (Å²) in [7, 11) is 6.70. The van der Waals surface area contributed by atoms with Crippen LogP contribution in [0.1, 0.15) is 19.8 Å². The first-order valence-electron chi connectivity index (χ1n) is 3.86. The zero-order chi connectivity index (χ0) is 9.33. The second-order valence-corrected chi connectivity index (χ2v) is 3.47. The molecule has 0 amide bonds. The largest absolute Gasteiger partial charge is 0.483 e. The predicted molar refractivity (Wildman–Crippen MR) is 46.5 cm³/mol. The number of carbonyl (C=O) groups is 1. The Bertz CT molecular complexity index is 86.6. The first-order valence-corrected chi connectivity index (χ1v) is 3.86. The van der Waals surface area contributed by atoms with Crippen molar-refractivity contribution in [1.29, 1.82) is 0 Å². The average Bonchev–Trinajstić information content (AvgIpc) is 1.84. The molecule has 0 radical (unpaired) electrons. The molecule has 0 rings (SSSR count). The smallest absolute Gasteiger partial charge is 0.290 e. The van der Waals surface area contributed by atoms with Crippen molar-refractivity contribution in [2.45, 2.75) is 19.8 Å². The number of nitrogens with zero attached hydrogens (tertiary/aromatic N) is 1. The number of rotatable bonds is 3. The van der Waals surface area contributed by atoms with Crippen LogP contribution in [0.15, 0.2) is 0 Å². The van der Waals surface area contributed by atoms with E-state index in [1.807, 2.05) is 0 Å². The summed E-state index contributed by atoms with van der Waals surface area (Å²) in [5.41, 5.74) is 0. The van der Waals surface area contributed by atoms with Gasteiger partial charge in [-0.1, -0.05) is 13.3 Å². The maximum Gasteiger partial charge on any atom is 0.290 e. The van der Waals surface area contributed by atoms with Crippen molar-refractivity contribution < 1.29 is 14.4 Å². The predicted octanol–water partition coefficient (Wildman–Crippen LogP) is 1.19. The van der Waals surface area contributed by atoms with Gasteiger partial charge in [0.2, 0.25) is 0 Å². The van der Waals surface area contributed by atoms with Crippen LogP contribution in [0.25, 0.3) is 0 Å². The maximum absolute atomic E-state index is 8.36. The van der Waals surface area contributed by atoms with Gasteiger partial charge in [0.25, 0.3) is 6.47 Å². The highest BCUT2D eigenvalue weighted by Gasteiger charge is 2.02. The molecule has 0 heterocycles. The molecule has 1 N–H and O–H groups in total. The van der Waals surface area contributed by atoms with Crippen molar-refractivity contribution in [3.05, 3.63) is 0 Å². The normalized spacial score (nSPS) is 9.82. The lowest BCUT2D eigenvalue weighted by molar-refractivity contribution is -0.870. The van der Waals surface area contributed by atoms with E-state index in [1.165, 1.54) is 19.4 Å². The van der Waals surface area contributed by atoms with Crippen molar-refractivity contribution in [2.75, 3.05) is 27.7 Å². The zero-order valence-electron chi connectivity index (χ0n) is 8.00. The minimum Gasteiger partial charge on any atom is -0.483 e. The first kappa shape index (κ1) is 13.1. The summed E-state index contributed by atoms with van der Waals surface area (Å²) in [6.07, 6.45) is 2.67. The fourth-order valence-corrected chi connectivity index (χ4v) is 0.632. The number of hydrogen-bond acceptors (Lipinski definition) is 1. The molecule has 3 heteroatoms. The van der Waals surface area contributed by atoms with Crippen LogP contribution in [0.2, 0.25) is 0 Å². The van der Waals surface area contributed by atoms with Gasteiger partial charge in [-0.3, -0.25) is 4.79 Å². The molecule has 0 aliphatic heterocycles. The van der Waals surface area contributed by atoms with Crippen LogP contribution in [0.5, 0.6) is 0 Å². The SMILES string of the molecule is CCCC[N+](C)(C)C.O=CO. The molecule has 0 aromatic rings. The summed E-state index contributed by atoms with van der Waals surface area (Å²) in [4.78, 5) is 8.36. The molecule has 0 aromatic heterocycles. The Labute approximate surface area is 69.2 Å². The van der Waals surface area contributed by atoms with E-state index < -0.39 is 0 Å². The molecular formula is C8H20NO2+. The summed E-state index contributed by atoms with van der Waals surface area (Å²) in [5.74, 6) is 0. The standard InChI is InChI=1S/C7H18N.CH2O2/c1-5-6-7-8(2,3)4;2-1-3/h5-7H2,1-4H3;1H,(H,2,3)/q+1;. The van der Waals surface area contributed by atoms with Crippen molar-refractivity contribution in [1.82, 2.24) is 0 Å². The van der Waals surface area contributed by atoms with E-state index in [-0.39, 0.29) is 6.47 Å². The van der Waals surface area contributed by atoms with E-state index in [2.05, 4.69) is 28.1 Å². The third kappa shape index (κ3) is 26.5. The van der Waals surface area contributed by atoms with E-state index in [4.69, 9.17) is 9.90 Å². The molecule has 0 bridgehead atoms. The molecule has 0 aliphatic rings. The van der Waals surface area contributed by atoms with Gasteiger partial charge in [0.05, 0.1) is 27.7 Å². The second kappa shape index (κ2) is 7.54. The minimum atomic E-state index is -0.250. The number of quaternary nitrogens is 1. The number of hydrogen-bond donors (Lipinski definition) is 1. The van der Waals surface area contributed by atoms with E-state index in [0.29, 0.717) is 0 Å². The molecule has 0 saturated carbocycles. The van der Waals surface area contributed by atoms with Crippen LogP contribution in [0.3, 0.4) is 0 Å². The van der Waals surface area contributed by atoms with Crippen molar-refractivity contribution >= 4 is 6.47 Å². The summed E-state index contributed by atoms with van der Waals surface area (Å²) in [6.45, 7) is 3.28. The Hall–Kier alpha value is -0.570. The molecule has 0 unspecified atom stereocenters. The lowest BCUT2D eigenvalue weighted by Crippen LogP contribution is -2.35. The third-order valence-electron chi connectivity index (χ3n) is 1.18. The van der Waals surface area contributed by atoms with E-state index in [1.54, 1.807) is 0 Å². The summed E-state index contributed by atoms with van der Waals surface area (Å²) < 4.78 is 1.10. The number of carboxylic acid groups (broad SMARTS) is 1. The van der Waals surface area contributed by atoms with Gasteiger partial charge in [-0.05, 0) is 6.42 Å². The van der Waals surface area contributed by atoms with Gasteiger partial charge in [-0.25, -0.2) is 0 Å². The van der Waals surface area contributed by atoms with Gasteiger partial charge in [0.15, 0.2) is 0 Å². The van der Waals surface area contributed by atoms with Gasteiger partial charge in [-0.2, -0.15) is 0 Å². The van der Waals surface area contributed by atoms with Gasteiger partial charge >= 0.3 is 0 Å². The monoisotopic (exact) mass is 162 g/mol. The Morgan fingerprint density at radius 2 is 1.73 bits per heavy atom. The molecular weight excluding hydrogens is 142 g/mol. The molecule has 0 spiro atoms. The quantitative estimate of drug-likeness (QED) is 0.500. The molecule has 0 aliphatic carbocycles. The highest BCUT2D eigenvalue weighted by molar-refractivity contribution is 5.32. The van der Waals surface area contributed by atoms with Crippen molar-refractivity contribution in [2.24, 2.45) is 0 Å². The fourth-order valence-electron chi connectivity index (χ4n) is 0.632. The molecule has 3 nitrogen and oxygen atoms in total. The Balaban J connectivity index is 0. The number of unbranched alkanes of at least 4 members (excludes halogenated alkanes) is 1. The lowest BCUT2D eigenvalue weighted by atomic mass is 10.3. The van der Waals surface area contributed by atoms with Crippen molar-refractivity contribution in [3.63, 3.8) is 0 Å². The Morgan fingerprint density at radius 3 is 1.82 bits per heavy atom. The summed E-state index contributed by atoms with van der Waals surface area (Å²) in [6, 6.07) is 0. The molecule has 68 valence electrons. The summed E-state index contributed by atoms with van der Waals surface area (Å²) in [5, 5.41) is 6.89. The van der Waals surface area contributed by atoms with Crippen molar-refractivity contribution in [3.8, 4) is 0 Å². The zero-order valence-corrected chi connectivity index (χ0v) is 8.00. The molecule has 0 aromatic carbocycles. The fraction of sp³-hybridized carbons (Fsp3) is 0.875. The highest BCUT2D eigenvalue weighted by atomic mass is 16.3. The van der Waals surface area contributed by atoms with E-state index in [0.717, 1.165) is 4.48 Å². The van der Waals surface area contributed by atoms with Gasteiger partial charge < -0.3 is 9.59 Å². The molecule has 11 heavy (non-hydrogen) atoms. The molecule has 0 atom stereocenters. The van der Waals surface area contributed by atoms with Crippen LogP contribution < -0.4 is 0 Å². The van der Waals surface area contributed by atoms with Crippen LogP contribution in [0, 0.1) is 0 Å². The third-order valence-corrected chi connectivity index (χ3v) is 1.18. The molecule has 0 fully saturated rings. The van der Waals surface area contributed by atoms with E-state index >= 15 is 0 Å². The Morgan fingerprint density at radius 1 is 1.36 bits per heavy atom. The Kier molecular flexibility index (Phi) is 8.94.